The molecule has 0 aromatic heterocycles. The summed E-state index contributed by atoms with van der Waals surface area (Å²) in [5.41, 5.74) is 4.26. The summed E-state index contributed by atoms with van der Waals surface area (Å²) in [5, 5.41) is 11.0. The fourth-order valence-electron chi connectivity index (χ4n) is 1.54. The van der Waals surface area contributed by atoms with Crippen LogP contribution in [0.25, 0.3) is 0 Å². The summed E-state index contributed by atoms with van der Waals surface area (Å²) in [6.45, 7) is 0. The van der Waals surface area contributed by atoms with Crippen LogP contribution in [0.5, 0.6) is 0 Å². The largest absolute Gasteiger partial charge is 0.481 e. The number of benzene rings is 1. The van der Waals surface area contributed by atoms with Gasteiger partial charge in [0.15, 0.2) is 0 Å². The Hall–Kier alpha value is -2.25. The average Bonchev–Trinajstić information content (AvgIpc) is 2.33. The number of carbonyl (C=O) groups excluding carboxylic acids is 1. The second kappa shape index (κ2) is 6.27. The minimum atomic E-state index is -4.50. The number of alkyl halides is 3. The van der Waals surface area contributed by atoms with E-state index in [0.29, 0.717) is 0 Å². The van der Waals surface area contributed by atoms with E-state index < -0.39 is 29.7 Å². The zero-order chi connectivity index (χ0) is 15.3. The number of rotatable bonds is 6. The molecule has 1 atom stereocenters. The average molecular weight is 290 g/mol. The molecule has 4 N–H and O–H groups in total. The van der Waals surface area contributed by atoms with Gasteiger partial charge in [-0.15, -0.1) is 0 Å². The Morgan fingerprint density at radius 1 is 1.35 bits per heavy atom. The number of aliphatic carboxylic acids is 1. The number of nitrogens with two attached hydrogens (primary N) is 1. The van der Waals surface area contributed by atoms with Crippen LogP contribution in [-0.2, 0) is 15.8 Å². The van der Waals surface area contributed by atoms with Crippen molar-refractivity contribution in [1.82, 2.24) is 0 Å². The fraction of sp³-hybridized carbons (Fsp3) is 0.333. The highest BCUT2D eigenvalue weighted by atomic mass is 19.4. The summed E-state index contributed by atoms with van der Waals surface area (Å²) in [5.74, 6) is -1.95. The zero-order valence-electron chi connectivity index (χ0n) is 10.3. The minimum Gasteiger partial charge on any atom is -0.481 e. The lowest BCUT2D eigenvalue weighted by Crippen LogP contribution is -2.35. The number of carboxylic acids is 1. The summed E-state index contributed by atoms with van der Waals surface area (Å²) in [7, 11) is 0. The highest BCUT2D eigenvalue weighted by molar-refractivity contribution is 5.83. The molecule has 0 saturated carbocycles. The van der Waals surface area contributed by atoms with Crippen LogP contribution in [0.15, 0.2) is 24.3 Å². The summed E-state index contributed by atoms with van der Waals surface area (Å²) >= 11 is 0. The van der Waals surface area contributed by atoms with Gasteiger partial charge < -0.3 is 16.2 Å². The van der Waals surface area contributed by atoms with Gasteiger partial charge in [-0.2, -0.15) is 13.2 Å². The van der Waals surface area contributed by atoms with Crippen molar-refractivity contribution in [1.29, 1.82) is 0 Å². The number of hydrogen-bond acceptors (Lipinski definition) is 3. The number of hydrogen-bond donors (Lipinski definition) is 3. The Morgan fingerprint density at radius 2 is 2.00 bits per heavy atom. The molecule has 1 rings (SSSR count). The van der Waals surface area contributed by atoms with Crippen molar-refractivity contribution in [2.45, 2.75) is 25.1 Å². The topological polar surface area (TPSA) is 92.4 Å². The Morgan fingerprint density at radius 3 is 2.50 bits per heavy atom. The van der Waals surface area contributed by atoms with E-state index in [0.717, 1.165) is 12.1 Å². The van der Waals surface area contributed by atoms with Crippen molar-refractivity contribution >= 4 is 17.6 Å². The summed E-state index contributed by atoms with van der Waals surface area (Å²) in [6.07, 6.45) is -4.93. The van der Waals surface area contributed by atoms with E-state index in [1.807, 2.05) is 0 Å². The van der Waals surface area contributed by atoms with E-state index in [1.165, 1.54) is 12.1 Å². The van der Waals surface area contributed by atoms with Gasteiger partial charge in [0, 0.05) is 12.1 Å². The number of anilines is 1. The summed E-state index contributed by atoms with van der Waals surface area (Å²) in [6, 6.07) is 3.19. The molecule has 0 radical (unpaired) electrons. The molecule has 0 aliphatic carbocycles. The van der Waals surface area contributed by atoms with E-state index in [-0.39, 0.29) is 18.5 Å². The van der Waals surface area contributed by atoms with Gasteiger partial charge in [-0.25, -0.2) is 0 Å². The Bertz CT molecular complexity index is 503. The lowest BCUT2D eigenvalue weighted by atomic mass is 10.1. The van der Waals surface area contributed by atoms with Crippen LogP contribution in [0, 0.1) is 0 Å². The molecule has 0 aliphatic heterocycles. The third kappa shape index (κ3) is 4.79. The lowest BCUT2D eigenvalue weighted by Gasteiger charge is -2.17. The molecule has 0 fully saturated rings. The van der Waals surface area contributed by atoms with Crippen LogP contribution in [0.1, 0.15) is 18.4 Å². The van der Waals surface area contributed by atoms with Gasteiger partial charge in [-0.1, -0.05) is 6.07 Å². The SMILES string of the molecule is NC(=O)[C@H](CCC(=O)O)Nc1cccc(C(F)(F)F)c1. The fourth-order valence-corrected chi connectivity index (χ4v) is 1.54. The Balaban J connectivity index is 2.83. The molecule has 110 valence electrons. The minimum absolute atomic E-state index is 0.0500. The number of carbonyl (C=O) groups is 2. The standard InChI is InChI=1S/C12H13F3N2O3/c13-12(14,15)7-2-1-3-8(6-7)17-9(11(16)20)4-5-10(18)19/h1-3,6,9,17H,4-5H2,(H2,16,20)(H,18,19)/t9-/m0/s1. The van der Waals surface area contributed by atoms with Crippen molar-refractivity contribution in [3.05, 3.63) is 29.8 Å². The van der Waals surface area contributed by atoms with E-state index >= 15 is 0 Å². The van der Waals surface area contributed by atoms with Crippen molar-refractivity contribution < 1.29 is 27.9 Å². The highest BCUT2D eigenvalue weighted by Crippen LogP contribution is 2.30. The Kier molecular flexibility index (Phi) is 4.95. The van der Waals surface area contributed by atoms with Gasteiger partial charge in [-0.05, 0) is 24.6 Å². The van der Waals surface area contributed by atoms with Crippen molar-refractivity contribution in [3.63, 3.8) is 0 Å². The number of halogens is 3. The highest BCUT2D eigenvalue weighted by Gasteiger charge is 2.30. The molecule has 0 heterocycles. The maximum Gasteiger partial charge on any atom is 0.416 e. The van der Waals surface area contributed by atoms with Crippen LogP contribution in [0.3, 0.4) is 0 Å². The predicted molar refractivity (Wildman–Crippen MR) is 64.9 cm³/mol. The smallest absolute Gasteiger partial charge is 0.416 e. The second-order valence-electron chi connectivity index (χ2n) is 4.11. The van der Waals surface area contributed by atoms with Crippen LogP contribution >= 0.6 is 0 Å². The Labute approximate surface area is 112 Å². The van der Waals surface area contributed by atoms with Crippen molar-refractivity contribution in [2.75, 3.05) is 5.32 Å². The molecule has 1 aromatic carbocycles. The summed E-state index contributed by atoms with van der Waals surface area (Å²) in [4.78, 5) is 21.6. The third-order valence-electron chi connectivity index (χ3n) is 2.52. The van der Waals surface area contributed by atoms with Crippen LogP contribution < -0.4 is 11.1 Å². The molecule has 0 spiro atoms. The first-order valence-corrected chi connectivity index (χ1v) is 5.65. The molecule has 8 heteroatoms. The first kappa shape index (κ1) is 15.8. The van der Waals surface area contributed by atoms with E-state index in [2.05, 4.69) is 5.32 Å². The molecule has 0 aliphatic rings. The van der Waals surface area contributed by atoms with Crippen LogP contribution in [0.4, 0.5) is 18.9 Å². The van der Waals surface area contributed by atoms with Gasteiger partial charge >= 0.3 is 12.1 Å². The molecule has 1 amide bonds. The van der Waals surface area contributed by atoms with Crippen molar-refractivity contribution in [2.24, 2.45) is 5.73 Å². The van der Waals surface area contributed by atoms with E-state index in [4.69, 9.17) is 10.8 Å². The van der Waals surface area contributed by atoms with E-state index in [1.54, 1.807) is 0 Å². The quantitative estimate of drug-likeness (QED) is 0.745. The second-order valence-corrected chi connectivity index (χ2v) is 4.11. The van der Waals surface area contributed by atoms with Gasteiger partial charge in [0.25, 0.3) is 0 Å². The molecule has 0 saturated heterocycles. The van der Waals surface area contributed by atoms with Gasteiger partial charge in [0.2, 0.25) is 5.91 Å². The number of primary amides is 1. The predicted octanol–water partition coefficient (Wildman–Crippen LogP) is 1.84. The molecule has 0 bridgehead atoms. The number of carboxylic acid groups (broad SMARTS) is 1. The van der Waals surface area contributed by atoms with Gasteiger partial charge in [0.1, 0.15) is 6.04 Å². The maximum absolute atomic E-state index is 12.5. The lowest BCUT2D eigenvalue weighted by molar-refractivity contribution is -0.138. The first-order chi connectivity index (χ1) is 9.20. The number of nitrogens with one attached hydrogen (secondary N) is 1. The zero-order valence-corrected chi connectivity index (χ0v) is 10.3. The molecular formula is C12H13F3N2O3. The molecule has 5 nitrogen and oxygen atoms in total. The van der Waals surface area contributed by atoms with Crippen LogP contribution in [0.2, 0.25) is 0 Å². The normalized spacial score (nSPS) is 12.8. The van der Waals surface area contributed by atoms with E-state index in [9.17, 15) is 22.8 Å². The van der Waals surface area contributed by atoms with Crippen molar-refractivity contribution in [3.8, 4) is 0 Å². The first-order valence-electron chi connectivity index (χ1n) is 5.65. The molecule has 0 unspecified atom stereocenters. The molecular weight excluding hydrogens is 277 g/mol. The molecule has 1 aromatic rings. The monoisotopic (exact) mass is 290 g/mol. The van der Waals surface area contributed by atoms with Gasteiger partial charge in [0.05, 0.1) is 5.56 Å². The summed E-state index contributed by atoms with van der Waals surface area (Å²) < 4.78 is 37.6. The molecule has 20 heavy (non-hydrogen) atoms. The number of amides is 1. The van der Waals surface area contributed by atoms with Gasteiger partial charge in [-0.3, -0.25) is 9.59 Å². The maximum atomic E-state index is 12.5. The van der Waals surface area contributed by atoms with Crippen LogP contribution in [-0.4, -0.2) is 23.0 Å². The third-order valence-corrected chi connectivity index (χ3v) is 2.52.